The molecular formula is C12H19ClN2. The predicted molar refractivity (Wildman–Crippen MR) is 63.3 cm³/mol. The van der Waals surface area contributed by atoms with Crippen molar-refractivity contribution in [3.05, 3.63) is 18.0 Å². The highest BCUT2D eigenvalue weighted by atomic mass is 35.5. The summed E-state index contributed by atoms with van der Waals surface area (Å²) < 4.78 is 2.02. The van der Waals surface area contributed by atoms with Gasteiger partial charge in [-0.05, 0) is 45.1 Å². The van der Waals surface area contributed by atoms with Gasteiger partial charge in [0.15, 0.2) is 0 Å². The lowest BCUT2D eigenvalue weighted by atomic mass is 10.0. The molecule has 1 aliphatic rings. The summed E-state index contributed by atoms with van der Waals surface area (Å²) in [5, 5.41) is 4.94. The van der Waals surface area contributed by atoms with Gasteiger partial charge in [0.05, 0.1) is 5.69 Å². The van der Waals surface area contributed by atoms with Gasteiger partial charge < -0.3 is 0 Å². The third-order valence-corrected chi connectivity index (χ3v) is 3.80. The Bertz CT molecular complexity index is 319. The lowest BCUT2D eigenvalue weighted by molar-refractivity contribution is 0.503. The highest BCUT2D eigenvalue weighted by Gasteiger charge is 2.25. The molecule has 1 aliphatic carbocycles. The topological polar surface area (TPSA) is 17.8 Å². The largest absolute Gasteiger partial charge is 0.270 e. The molecule has 0 bridgehead atoms. The minimum Gasteiger partial charge on any atom is -0.270 e. The Hall–Kier alpha value is -0.500. The molecule has 1 saturated carbocycles. The second-order valence-electron chi connectivity index (χ2n) is 4.79. The van der Waals surface area contributed by atoms with Crippen LogP contribution < -0.4 is 0 Å². The van der Waals surface area contributed by atoms with Crippen LogP contribution >= 0.6 is 11.6 Å². The molecule has 1 aromatic rings. The maximum Gasteiger partial charge on any atom is 0.0628 e. The first-order chi connectivity index (χ1) is 7.16. The predicted octanol–water partition coefficient (Wildman–Crippen LogP) is 3.41. The van der Waals surface area contributed by atoms with Crippen molar-refractivity contribution >= 4 is 11.6 Å². The summed E-state index contributed by atoms with van der Waals surface area (Å²) in [5.74, 6) is 0.641. The molecule has 2 rings (SSSR count). The average Bonchev–Trinajstić information content (AvgIpc) is 2.77. The molecule has 2 nitrogen and oxygen atoms in total. The molecule has 2 atom stereocenters. The Labute approximate surface area is 96.6 Å². The highest BCUT2D eigenvalue weighted by Crippen LogP contribution is 2.32. The lowest BCUT2D eigenvalue weighted by Gasteiger charge is -2.11. The van der Waals surface area contributed by atoms with Gasteiger partial charge in [0.2, 0.25) is 0 Å². The van der Waals surface area contributed by atoms with Crippen molar-refractivity contribution in [2.24, 2.45) is 5.92 Å². The molecule has 0 aromatic carbocycles. The van der Waals surface area contributed by atoms with Gasteiger partial charge in [-0.15, -0.1) is 11.6 Å². The minimum absolute atomic E-state index is 0.370. The molecule has 1 fully saturated rings. The molecular weight excluding hydrogens is 208 g/mol. The number of rotatable bonds is 3. The smallest absolute Gasteiger partial charge is 0.0628 e. The van der Waals surface area contributed by atoms with Crippen LogP contribution in [-0.2, 0) is 6.42 Å². The Morgan fingerprint density at radius 3 is 2.87 bits per heavy atom. The van der Waals surface area contributed by atoms with E-state index in [0.717, 1.165) is 6.42 Å². The fourth-order valence-electron chi connectivity index (χ4n) is 2.26. The standard InChI is InChI=1S/C12H19ClN2/c1-9(2)15-7-6-11(14-15)8-10-4-3-5-12(10)13/h6-7,9-10,12H,3-5,8H2,1-2H3. The maximum atomic E-state index is 6.26. The summed E-state index contributed by atoms with van der Waals surface area (Å²) >= 11 is 6.26. The minimum atomic E-state index is 0.370. The zero-order valence-corrected chi connectivity index (χ0v) is 10.2. The first-order valence-corrected chi connectivity index (χ1v) is 6.28. The SMILES string of the molecule is CC(C)n1ccc(CC2CCCC2Cl)n1. The summed E-state index contributed by atoms with van der Waals surface area (Å²) in [6.07, 6.45) is 6.84. The second kappa shape index (κ2) is 4.56. The molecule has 0 spiro atoms. The first-order valence-electron chi connectivity index (χ1n) is 5.85. The molecule has 0 radical (unpaired) electrons. The van der Waals surface area contributed by atoms with Gasteiger partial charge in [0.25, 0.3) is 0 Å². The van der Waals surface area contributed by atoms with Crippen molar-refractivity contribution in [2.75, 3.05) is 0 Å². The first kappa shape index (κ1) is 11.0. The zero-order valence-electron chi connectivity index (χ0n) is 9.49. The Kier molecular flexibility index (Phi) is 3.35. The van der Waals surface area contributed by atoms with Gasteiger partial charge in [-0.25, -0.2) is 0 Å². The van der Waals surface area contributed by atoms with E-state index in [2.05, 4.69) is 31.2 Å². The van der Waals surface area contributed by atoms with Crippen molar-refractivity contribution in [3.63, 3.8) is 0 Å². The molecule has 15 heavy (non-hydrogen) atoms. The Morgan fingerprint density at radius 2 is 2.33 bits per heavy atom. The Morgan fingerprint density at radius 1 is 1.53 bits per heavy atom. The van der Waals surface area contributed by atoms with Crippen molar-refractivity contribution in [2.45, 2.75) is 50.9 Å². The monoisotopic (exact) mass is 226 g/mol. The quantitative estimate of drug-likeness (QED) is 0.723. The molecule has 1 aromatic heterocycles. The van der Waals surface area contributed by atoms with Crippen LogP contribution in [0.15, 0.2) is 12.3 Å². The summed E-state index contributed by atoms with van der Waals surface area (Å²) in [4.78, 5) is 0. The van der Waals surface area contributed by atoms with Gasteiger partial charge in [-0.3, -0.25) is 4.68 Å². The molecule has 1 heterocycles. The number of nitrogens with zero attached hydrogens (tertiary/aromatic N) is 2. The van der Waals surface area contributed by atoms with Gasteiger partial charge in [0, 0.05) is 17.6 Å². The van der Waals surface area contributed by atoms with E-state index in [1.807, 2.05) is 4.68 Å². The summed E-state index contributed by atoms with van der Waals surface area (Å²) in [5.41, 5.74) is 1.20. The summed E-state index contributed by atoms with van der Waals surface area (Å²) in [6.45, 7) is 4.30. The van der Waals surface area contributed by atoms with E-state index >= 15 is 0 Å². The van der Waals surface area contributed by atoms with Gasteiger partial charge in [-0.1, -0.05) is 6.42 Å². The molecule has 0 aliphatic heterocycles. The van der Waals surface area contributed by atoms with Gasteiger partial charge >= 0.3 is 0 Å². The van der Waals surface area contributed by atoms with Crippen molar-refractivity contribution in [1.82, 2.24) is 9.78 Å². The van der Waals surface area contributed by atoms with Crippen LogP contribution in [-0.4, -0.2) is 15.2 Å². The number of alkyl halides is 1. The van der Waals surface area contributed by atoms with Crippen LogP contribution in [0, 0.1) is 5.92 Å². The third kappa shape index (κ3) is 2.54. The van der Waals surface area contributed by atoms with E-state index in [4.69, 9.17) is 11.6 Å². The van der Waals surface area contributed by atoms with Crippen LogP contribution in [0.3, 0.4) is 0 Å². The summed E-state index contributed by atoms with van der Waals surface area (Å²) in [6, 6.07) is 2.58. The fraction of sp³-hybridized carbons (Fsp3) is 0.750. The van der Waals surface area contributed by atoms with Gasteiger partial charge in [-0.2, -0.15) is 5.10 Å². The van der Waals surface area contributed by atoms with E-state index in [-0.39, 0.29) is 0 Å². The van der Waals surface area contributed by atoms with E-state index < -0.39 is 0 Å². The average molecular weight is 227 g/mol. The van der Waals surface area contributed by atoms with Crippen LogP contribution in [0.5, 0.6) is 0 Å². The fourth-order valence-corrected chi connectivity index (χ4v) is 2.63. The number of halogens is 1. The van der Waals surface area contributed by atoms with Crippen molar-refractivity contribution in [1.29, 1.82) is 0 Å². The molecule has 0 amide bonds. The van der Waals surface area contributed by atoms with E-state index in [1.165, 1.54) is 25.0 Å². The third-order valence-electron chi connectivity index (χ3n) is 3.23. The second-order valence-corrected chi connectivity index (χ2v) is 5.35. The molecule has 2 unspecified atom stereocenters. The van der Waals surface area contributed by atoms with Crippen LogP contribution in [0.25, 0.3) is 0 Å². The molecule has 0 saturated heterocycles. The Balaban J connectivity index is 1.98. The highest BCUT2D eigenvalue weighted by molar-refractivity contribution is 6.20. The zero-order chi connectivity index (χ0) is 10.8. The van der Waals surface area contributed by atoms with Crippen molar-refractivity contribution in [3.8, 4) is 0 Å². The van der Waals surface area contributed by atoms with Crippen LogP contribution in [0.4, 0.5) is 0 Å². The van der Waals surface area contributed by atoms with Crippen molar-refractivity contribution < 1.29 is 0 Å². The molecule has 0 N–H and O–H groups in total. The maximum absolute atomic E-state index is 6.26. The number of aromatic nitrogens is 2. The number of hydrogen-bond acceptors (Lipinski definition) is 1. The van der Waals surface area contributed by atoms with E-state index in [9.17, 15) is 0 Å². The number of hydrogen-bond donors (Lipinski definition) is 0. The van der Waals surface area contributed by atoms with Crippen LogP contribution in [0.1, 0.15) is 44.8 Å². The van der Waals surface area contributed by atoms with Crippen LogP contribution in [0.2, 0.25) is 0 Å². The summed E-state index contributed by atoms with van der Waals surface area (Å²) in [7, 11) is 0. The van der Waals surface area contributed by atoms with E-state index in [1.54, 1.807) is 0 Å². The molecule has 3 heteroatoms. The molecule has 84 valence electrons. The lowest BCUT2D eigenvalue weighted by Crippen LogP contribution is -2.11. The van der Waals surface area contributed by atoms with E-state index in [0.29, 0.717) is 17.3 Å². The normalized spacial score (nSPS) is 26.4. The van der Waals surface area contributed by atoms with Gasteiger partial charge in [0.1, 0.15) is 0 Å².